The van der Waals surface area contributed by atoms with Crippen LogP contribution in [0.1, 0.15) is 43.5 Å². The number of hydrogen-bond donors (Lipinski definition) is 0. The molecule has 33 heavy (non-hydrogen) atoms. The Morgan fingerprint density at radius 2 is 1.39 bits per heavy atom. The molecule has 0 amide bonds. The first kappa shape index (κ1) is 24.1. The van der Waals surface area contributed by atoms with E-state index in [1.54, 1.807) is 36.4 Å². The van der Waals surface area contributed by atoms with Crippen LogP contribution in [0.15, 0.2) is 85.5 Å². The first-order chi connectivity index (χ1) is 16.1. The zero-order valence-electron chi connectivity index (χ0n) is 19.5. The summed E-state index contributed by atoms with van der Waals surface area (Å²) in [5, 5.41) is 0. The standard InChI is InChI=1S/C29H32O4/c1-4-6-7-20-31-26-16-18-28(19-17-26)33-29(30)25-10-8-23(9-11-25)24-12-14-27(15-13-24)32-21-22(3)5-2/h4,8-19,22H,1,5-7,20-21H2,2-3H3/t22-/m0/s1. The number of carbonyl (C=O) groups excluding carboxylic acids is 1. The lowest BCUT2D eigenvalue weighted by Crippen LogP contribution is -2.08. The minimum absolute atomic E-state index is 0.394. The zero-order valence-corrected chi connectivity index (χ0v) is 19.5. The van der Waals surface area contributed by atoms with E-state index < -0.39 is 5.97 Å². The van der Waals surface area contributed by atoms with Crippen LogP contribution in [0, 0.1) is 5.92 Å². The summed E-state index contributed by atoms with van der Waals surface area (Å²) in [7, 11) is 0. The maximum Gasteiger partial charge on any atom is 0.343 e. The molecule has 0 N–H and O–H groups in total. The van der Waals surface area contributed by atoms with E-state index in [1.165, 1.54) is 0 Å². The molecule has 0 aliphatic rings. The molecule has 0 radical (unpaired) electrons. The fourth-order valence-electron chi connectivity index (χ4n) is 3.09. The second-order valence-electron chi connectivity index (χ2n) is 8.07. The third-order valence-electron chi connectivity index (χ3n) is 5.40. The molecule has 0 heterocycles. The Morgan fingerprint density at radius 3 is 2.00 bits per heavy atom. The van der Waals surface area contributed by atoms with Crippen molar-refractivity contribution in [2.75, 3.05) is 13.2 Å². The Kier molecular flexibility index (Phi) is 9.13. The minimum atomic E-state index is -0.394. The van der Waals surface area contributed by atoms with Gasteiger partial charge in [-0.3, -0.25) is 0 Å². The van der Waals surface area contributed by atoms with Gasteiger partial charge in [-0.25, -0.2) is 4.79 Å². The van der Waals surface area contributed by atoms with E-state index in [0.29, 0.717) is 23.8 Å². The molecular weight excluding hydrogens is 412 g/mol. The molecule has 4 heteroatoms. The number of benzene rings is 3. The highest BCUT2D eigenvalue weighted by molar-refractivity contribution is 5.91. The van der Waals surface area contributed by atoms with Crippen LogP contribution < -0.4 is 14.2 Å². The maximum atomic E-state index is 12.5. The first-order valence-electron chi connectivity index (χ1n) is 11.5. The van der Waals surface area contributed by atoms with Crippen LogP contribution in [0.2, 0.25) is 0 Å². The van der Waals surface area contributed by atoms with Crippen molar-refractivity contribution < 1.29 is 19.0 Å². The number of hydrogen-bond acceptors (Lipinski definition) is 4. The number of carbonyl (C=O) groups is 1. The summed E-state index contributed by atoms with van der Waals surface area (Å²) < 4.78 is 17.0. The molecule has 1 atom stereocenters. The lowest BCUT2D eigenvalue weighted by atomic mass is 10.0. The average molecular weight is 445 g/mol. The molecule has 0 saturated carbocycles. The number of allylic oxidation sites excluding steroid dienone is 1. The second kappa shape index (κ2) is 12.5. The van der Waals surface area contributed by atoms with E-state index in [4.69, 9.17) is 14.2 Å². The molecule has 0 aromatic heterocycles. The summed E-state index contributed by atoms with van der Waals surface area (Å²) in [4.78, 5) is 12.5. The first-order valence-corrected chi connectivity index (χ1v) is 11.5. The molecule has 0 aliphatic heterocycles. The van der Waals surface area contributed by atoms with Gasteiger partial charge < -0.3 is 14.2 Å². The number of esters is 1. The molecule has 0 spiro atoms. The van der Waals surface area contributed by atoms with E-state index >= 15 is 0 Å². The van der Waals surface area contributed by atoms with Gasteiger partial charge in [-0.05, 0) is 78.4 Å². The summed E-state index contributed by atoms with van der Waals surface area (Å²) in [6.45, 7) is 9.39. The minimum Gasteiger partial charge on any atom is -0.494 e. The second-order valence-corrected chi connectivity index (χ2v) is 8.07. The van der Waals surface area contributed by atoms with Crippen LogP contribution in [0.5, 0.6) is 17.2 Å². The van der Waals surface area contributed by atoms with E-state index in [1.807, 2.05) is 42.5 Å². The van der Waals surface area contributed by atoms with Gasteiger partial charge in [-0.15, -0.1) is 6.58 Å². The Balaban J connectivity index is 1.54. The molecule has 3 rings (SSSR count). The van der Waals surface area contributed by atoms with Gasteiger partial charge in [0.25, 0.3) is 0 Å². The Morgan fingerprint density at radius 1 is 0.848 bits per heavy atom. The smallest absolute Gasteiger partial charge is 0.343 e. The van der Waals surface area contributed by atoms with Crippen molar-refractivity contribution in [2.45, 2.75) is 33.1 Å². The fraction of sp³-hybridized carbons (Fsp3) is 0.276. The van der Waals surface area contributed by atoms with Crippen LogP contribution in [0.25, 0.3) is 11.1 Å². The summed E-state index contributed by atoms with van der Waals surface area (Å²) >= 11 is 0. The van der Waals surface area contributed by atoms with Gasteiger partial charge >= 0.3 is 5.97 Å². The van der Waals surface area contributed by atoms with Crippen molar-refractivity contribution in [3.05, 3.63) is 91.0 Å². The molecular formula is C29H32O4. The molecule has 0 saturated heterocycles. The monoisotopic (exact) mass is 444 g/mol. The van der Waals surface area contributed by atoms with Crippen molar-refractivity contribution >= 4 is 5.97 Å². The van der Waals surface area contributed by atoms with Gasteiger partial charge in [0, 0.05) is 0 Å². The Hall–Kier alpha value is -3.53. The van der Waals surface area contributed by atoms with Crippen LogP contribution in [-0.4, -0.2) is 19.2 Å². The quantitative estimate of drug-likeness (QED) is 0.127. The SMILES string of the molecule is C=CCCCOc1ccc(OC(=O)c2ccc(-c3ccc(OC[C@@H](C)CC)cc3)cc2)cc1. The summed E-state index contributed by atoms with van der Waals surface area (Å²) in [6, 6.07) is 22.5. The van der Waals surface area contributed by atoms with Crippen molar-refractivity contribution in [1.82, 2.24) is 0 Å². The van der Waals surface area contributed by atoms with Crippen molar-refractivity contribution in [1.29, 1.82) is 0 Å². The van der Waals surface area contributed by atoms with E-state index in [9.17, 15) is 4.79 Å². The van der Waals surface area contributed by atoms with Crippen LogP contribution >= 0.6 is 0 Å². The number of rotatable bonds is 12. The Labute approximate surface area is 196 Å². The van der Waals surface area contributed by atoms with Crippen LogP contribution in [-0.2, 0) is 0 Å². The molecule has 172 valence electrons. The predicted octanol–water partition coefficient (Wildman–Crippen LogP) is 7.34. The highest BCUT2D eigenvalue weighted by Crippen LogP contribution is 2.24. The zero-order chi connectivity index (χ0) is 23.5. The fourth-order valence-corrected chi connectivity index (χ4v) is 3.09. The van der Waals surface area contributed by atoms with Crippen LogP contribution in [0.3, 0.4) is 0 Å². The molecule has 0 aliphatic carbocycles. The molecule has 3 aromatic rings. The molecule has 0 fully saturated rings. The van der Waals surface area contributed by atoms with Gasteiger partial charge in [-0.2, -0.15) is 0 Å². The number of ether oxygens (including phenoxy) is 3. The third kappa shape index (κ3) is 7.53. The number of unbranched alkanes of at least 4 members (excludes halogenated alkanes) is 1. The lowest BCUT2D eigenvalue weighted by Gasteiger charge is -2.11. The maximum absolute atomic E-state index is 12.5. The van der Waals surface area contributed by atoms with E-state index in [-0.39, 0.29) is 0 Å². The highest BCUT2D eigenvalue weighted by Gasteiger charge is 2.10. The summed E-state index contributed by atoms with van der Waals surface area (Å²) in [6.07, 6.45) is 4.82. The molecule has 0 unspecified atom stereocenters. The summed E-state index contributed by atoms with van der Waals surface area (Å²) in [5.41, 5.74) is 2.59. The molecule has 4 nitrogen and oxygen atoms in total. The molecule has 0 bridgehead atoms. The average Bonchev–Trinajstić information content (AvgIpc) is 2.86. The van der Waals surface area contributed by atoms with Crippen molar-refractivity contribution in [2.24, 2.45) is 5.92 Å². The predicted molar refractivity (Wildman–Crippen MR) is 133 cm³/mol. The molecule has 3 aromatic carbocycles. The van der Waals surface area contributed by atoms with Crippen LogP contribution in [0.4, 0.5) is 0 Å². The Bertz CT molecular complexity index is 1000. The summed E-state index contributed by atoms with van der Waals surface area (Å²) in [5.74, 6) is 2.24. The lowest BCUT2D eigenvalue weighted by molar-refractivity contribution is 0.0734. The van der Waals surface area contributed by atoms with Crippen molar-refractivity contribution in [3.63, 3.8) is 0 Å². The van der Waals surface area contributed by atoms with Crippen molar-refractivity contribution in [3.8, 4) is 28.4 Å². The van der Waals surface area contributed by atoms with E-state index in [0.717, 1.165) is 48.5 Å². The largest absolute Gasteiger partial charge is 0.494 e. The van der Waals surface area contributed by atoms with Gasteiger partial charge in [-0.1, -0.05) is 50.6 Å². The van der Waals surface area contributed by atoms with E-state index in [2.05, 4.69) is 20.4 Å². The van der Waals surface area contributed by atoms with Gasteiger partial charge in [0.05, 0.1) is 18.8 Å². The van der Waals surface area contributed by atoms with Gasteiger partial charge in [0.2, 0.25) is 0 Å². The third-order valence-corrected chi connectivity index (χ3v) is 5.40. The topological polar surface area (TPSA) is 44.8 Å². The normalized spacial score (nSPS) is 11.5. The highest BCUT2D eigenvalue weighted by atomic mass is 16.5. The van der Waals surface area contributed by atoms with Gasteiger partial charge in [0.15, 0.2) is 0 Å². The van der Waals surface area contributed by atoms with Gasteiger partial charge in [0.1, 0.15) is 17.2 Å².